The fraction of sp³-hybridized carbons (Fsp3) is 0.300. The van der Waals surface area contributed by atoms with E-state index in [0.29, 0.717) is 0 Å². The van der Waals surface area contributed by atoms with Gasteiger partial charge in [-0.25, -0.2) is 5.53 Å². The number of benzene rings is 1. The Balaban J connectivity index is 2.13. The molecule has 0 radical (unpaired) electrons. The van der Waals surface area contributed by atoms with Gasteiger partial charge in [-0.1, -0.05) is 37.6 Å². The Kier molecular flexibility index (Phi) is 2.65. The summed E-state index contributed by atoms with van der Waals surface area (Å²) in [4.78, 5) is 0. The smallest absolute Gasteiger partial charge is 0.170 e. The van der Waals surface area contributed by atoms with E-state index >= 15 is 0 Å². The highest BCUT2D eigenvalue weighted by atomic mass is 15.8. The monoisotopic (exact) mass is 190 g/mol. The van der Waals surface area contributed by atoms with Crippen LogP contribution in [0, 0.1) is 0 Å². The third-order valence-electron chi connectivity index (χ3n) is 2.17. The van der Waals surface area contributed by atoms with E-state index in [-0.39, 0.29) is 0 Å². The first-order chi connectivity index (χ1) is 6.90. The molecule has 0 fully saturated rings. The van der Waals surface area contributed by atoms with E-state index in [0.717, 1.165) is 17.8 Å². The third-order valence-corrected chi connectivity index (χ3v) is 2.17. The quantitative estimate of drug-likeness (QED) is 0.664. The number of nitrogens with zero attached hydrogens (tertiary/aromatic N) is 1. The van der Waals surface area contributed by atoms with Gasteiger partial charge in [-0.2, -0.15) is 0 Å². The second-order valence-corrected chi connectivity index (χ2v) is 3.27. The molecule has 1 aromatic rings. The van der Waals surface area contributed by atoms with E-state index in [2.05, 4.69) is 52.8 Å². The van der Waals surface area contributed by atoms with Crippen LogP contribution in [0.2, 0.25) is 0 Å². The summed E-state index contributed by atoms with van der Waals surface area (Å²) >= 11 is 0. The van der Waals surface area contributed by atoms with E-state index in [1.165, 1.54) is 12.0 Å². The highest BCUT2D eigenvalue weighted by Gasteiger charge is 2.06. The second kappa shape index (κ2) is 4.11. The standard InChI is InChI=1S/C10H14N4/c1-2-3-8-4-6-9(7-5-8)10-11-13-14-12-10/h4-7,13-14H,2-3H2,1H3,(H,11,12). The minimum absolute atomic E-state index is 0.827. The van der Waals surface area contributed by atoms with E-state index in [1.807, 2.05) is 0 Å². The molecule has 0 unspecified atom stereocenters. The summed E-state index contributed by atoms with van der Waals surface area (Å²) in [5.74, 6) is 0.827. The number of hydrazone groups is 1. The Morgan fingerprint density at radius 1 is 1.21 bits per heavy atom. The summed E-state index contributed by atoms with van der Waals surface area (Å²) in [6.07, 6.45) is 2.32. The van der Waals surface area contributed by atoms with E-state index < -0.39 is 0 Å². The molecule has 74 valence electrons. The predicted molar refractivity (Wildman–Crippen MR) is 56.4 cm³/mol. The van der Waals surface area contributed by atoms with Crippen LogP contribution >= 0.6 is 0 Å². The number of hydrogen-bond donors (Lipinski definition) is 3. The zero-order valence-electron chi connectivity index (χ0n) is 8.17. The zero-order chi connectivity index (χ0) is 9.80. The van der Waals surface area contributed by atoms with Crippen molar-refractivity contribution in [3.8, 4) is 0 Å². The average molecular weight is 190 g/mol. The number of amidine groups is 1. The molecule has 1 heterocycles. The van der Waals surface area contributed by atoms with E-state index in [1.54, 1.807) is 0 Å². The van der Waals surface area contributed by atoms with Crippen LogP contribution in [0.5, 0.6) is 0 Å². The van der Waals surface area contributed by atoms with Gasteiger partial charge in [-0.05, 0) is 12.0 Å². The maximum Gasteiger partial charge on any atom is 0.170 e. The van der Waals surface area contributed by atoms with Gasteiger partial charge in [0.15, 0.2) is 5.84 Å². The topological polar surface area (TPSA) is 48.5 Å². The van der Waals surface area contributed by atoms with Gasteiger partial charge in [-0.15, -0.1) is 10.6 Å². The molecule has 0 bridgehead atoms. The molecule has 0 atom stereocenters. The summed E-state index contributed by atoms with van der Waals surface area (Å²) in [6, 6.07) is 8.43. The van der Waals surface area contributed by atoms with E-state index in [9.17, 15) is 0 Å². The average Bonchev–Trinajstić information content (AvgIpc) is 2.72. The molecule has 0 saturated carbocycles. The minimum Gasteiger partial charge on any atom is -0.285 e. The van der Waals surface area contributed by atoms with Gasteiger partial charge < -0.3 is 0 Å². The fourth-order valence-electron chi connectivity index (χ4n) is 1.45. The van der Waals surface area contributed by atoms with Crippen molar-refractivity contribution in [3.63, 3.8) is 0 Å². The van der Waals surface area contributed by atoms with Crippen LogP contribution in [0.4, 0.5) is 0 Å². The van der Waals surface area contributed by atoms with Crippen molar-refractivity contribution in [3.05, 3.63) is 35.4 Å². The molecule has 0 aromatic heterocycles. The Bertz CT molecular complexity index is 328. The number of hydrogen-bond acceptors (Lipinski definition) is 4. The van der Waals surface area contributed by atoms with Gasteiger partial charge in [0, 0.05) is 5.56 Å². The minimum atomic E-state index is 0.827. The lowest BCUT2D eigenvalue weighted by atomic mass is 10.1. The summed E-state index contributed by atoms with van der Waals surface area (Å²) < 4.78 is 0. The molecule has 4 nitrogen and oxygen atoms in total. The van der Waals surface area contributed by atoms with Crippen molar-refractivity contribution in [2.24, 2.45) is 5.10 Å². The highest BCUT2D eigenvalue weighted by molar-refractivity contribution is 5.98. The van der Waals surface area contributed by atoms with Crippen LogP contribution in [-0.4, -0.2) is 5.84 Å². The molecule has 2 rings (SSSR count). The highest BCUT2D eigenvalue weighted by Crippen LogP contribution is 2.07. The molecule has 14 heavy (non-hydrogen) atoms. The molecule has 0 saturated heterocycles. The largest absolute Gasteiger partial charge is 0.285 e. The van der Waals surface area contributed by atoms with Gasteiger partial charge in [-0.3, -0.25) is 5.43 Å². The van der Waals surface area contributed by atoms with Crippen LogP contribution < -0.4 is 16.5 Å². The summed E-state index contributed by atoms with van der Waals surface area (Å²) in [7, 11) is 0. The number of nitrogens with one attached hydrogen (secondary N) is 3. The Morgan fingerprint density at radius 2 is 2.00 bits per heavy atom. The number of aryl methyl sites for hydroxylation is 1. The first-order valence-corrected chi connectivity index (χ1v) is 4.83. The van der Waals surface area contributed by atoms with Crippen molar-refractivity contribution in [2.45, 2.75) is 19.8 Å². The normalized spacial score (nSPS) is 14.5. The predicted octanol–water partition coefficient (Wildman–Crippen LogP) is 0.913. The zero-order valence-corrected chi connectivity index (χ0v) is 8.17. The van der Waals surface area contributed by atoms with Gasteiger partial charge in [0.1, 0.15) is 0 Å². The van der Waals surface area contributed by atoms with Gasteiger partial charge >= 0.3 is 0 Å². The molecule has 0 aliphatic carbocycles. The first kappa shape index (κ1) is 9.02. The molecule has 1 aliphatic rings. The van der Waals surface area contributed by atoms with Crippen molar-refractivity contribution in [2.75, 3.05) is 0 Å². The molecular formula is C10H14N4. The molecule has 0 spiro atoms. The maximum absolute atomic E-state index is 4.03. The van der Waals surface area contributed by atoms with Crippen LogP contribution in [0.3, 0.4) is 0 Å². The van der Waals surface area contributed by atoms with Crippen molar-refractivity contribution < 1.29 is 0 Å². The molecule has 1 aromatic carbocycles. The Labute approximate surface area is 83.3 Å². The number of rotatable bonds is 3. The lowest BCUT2D eigenvalue weighted by Crippen LogP contribution is -2.35. The lowest BCUT2D eigenvalue weighted by molar-refractivity contribution is 0.577. The molecule has 4 heteroatoms. The summed E-state index contributed by atoms with van der Waals surface area (Å²) in [6.45, 7) is 2.18. The van der Waals surface area contributed by atoms with Crippen LogP contribution in [-0.2, 0) is 6.42 Å². The Morgan fingerprint density at radius 3 is 2.57 bits per heavy atom. The summed E-state index contributed by atoms with van der Waals surface area (Å²) in [5, 5.41) is 4.03. The number of hydrazine groups is 2. The second-order valence-electron chi connectivity index (χ2n) is 3.27. The van der Waals surface area contributed by atoms with E-state index in [4.69, 9.17) is 0 Å². The van der Waals surface area contributed by atoms with Gasteiger partial charge in [0.05, 0.1) is 0 Å². The van der Waals surface area contributed by atoms with Crippen LogP contribution in [0.15, 0.2) is 29.4 Å². The SMILES string of the molecule is CCCc1ccc(C2=NNNN2)cc1. The third kappa shape index (κ3) is 1.85. The molecule has 0 amide bonds. The van der Waals surface area contributed by atoms with Crippen LogP contribution in [0.25, 0.3) is 0 Å². The van der Waals surface area contributed by atoms with Crippen molar-refractivity contribution >= 4 is 5.84 Å². The van der Waals surface area contributed by atoms with Crippen LogP contribution in [0.1, 0.15) is 24.5 Å². The maximum atomic E-state index is 4.03. The van der Waals surface area contributed by atoms with Crippen molar-refractivity contribution in [1.29, 1.82) is 0 Å². The lowest BCUT2D eigenvalue weighted by Gasteiger charge is -2.02. The fourth-order valence-corrected chi connectivity index (χ4v) is 1.45. The Hall–Kier alpha value is -1.55. The van der Waals surface area contributed by atoms with Gasteiger partial charge in [0.2, 0.25) is 0 Å². The van der Waals surface area contributed by atoms with Gasteiger partial charge in [0.25, 0.3) is 0 Å². The molecule has 1 aliphatic heterocycles. The first-order valence-electron chi connectivity index (χ1n) is 4.83. The molecule has 3 N–H and O–H groups in total. The van der Waals surface area contributed by atoms with Crippen molar-refractivity contribution in [1.82, 2.24) is 16.5 Å². The summed E-state index contributed by atoms with van der Waals surface area (Å²) in [5.41, 5.74) is 10.7. The molecular weight excluding hydrogens is 176 g/mol.